The van der Waals surface area contributed by atoms with E-state index in [9.17, 15) is 0 Å². The lowest BCUT2D eigenvalue weighted by atomic mass is 10.3. The van der Waals surface area contributed by atoms with Gasteiger partial charge in [0.15, 0.2) is 5.96 Å². The number of hydrogen-bond donors (Lipinski definition) is 1. The van der Waals surface area contributed by atoms with Gasteiger partial charge in [-0.1, -0.05) is 11.6 Å². The first kappa shape index (κ1) is 15.9. The molecule has 0 radical (unpaired) electrons. The lowest BCUT2D eigenvalue weighted by Gasteiger charge is -2.22. The molecule has 0 atom stereocenters. The zero-order valence-electron chi connectivity index (χ0n) is 12.9. The molecule has 0 amide bonds. The standard InChI is InChI=1S/C15H21ClN4S/c1-11-5-6-21-14(11)8-18-15(17-2)20(4)10-13-7-12(16)9-19(13)3/h5-7,9H,8,10H2,1-4H3,(H,17,18). The zero-order chi connectivity index (χ0) is 15.4. The van der Waals surface area contributed by atoms with Gasteiger partial charge in [-0.25, -0.2) is 0 Å². The first-order valence-electron chi connectivity index (χ1n) is 6.76. The van der Waals surface area contributed by atoms with E-state index in [1.807, 2.05) is 30.9 Å². The second-order valence-corrected chi connectivity index (χ2v) is 6.48. The molecule has 0 saturated carbocycles. The average molecular weight is 325 g/mol. The normalized spacial score (nSPS) is 11.8. The first-order valence-corrected chi connectivity index (χ1v) is 8.02. The van der Waals surface area contributed by atoms with Crippen molar-refractivity contribution in [3.8, 4) is 0 Å². The summed E-state index contributed by atoms with van der Waals surface area (Å²) in [6, 6.07) is 4.12. The van der Waals surface area contributed by atoms with Crippen molar-refractivity contribution in [3.05, 3.63) is 44.9 Å². The van der Waals surface area contributed by atoms with Gasteiger partial charge < -0.3 is 14.8 Å². The van der Waals surface area contributed by atoms with Crippen LogP contribution >= 0.6 is 22.9 Å². The third kappa shape index (κ3) is 4.02. The molecule has 0 fully saturated rings. The first-order chi connectivity index (χ1) is 10.0. The van der Waals surface area contributed by atoms with Crippen LogP contribution in [0.4, 0.5) is 0 Å². The Bertz CT molecular complexity index is 629. The van der Waals surface area contributed by atoms with Gasteiger partial charge in [0.05, 0.1) is 18.1 Å². The van der Waals surface area contributed by atoms with Gasteiger partial charge >= 0.3 is 0 Å². The molecule has 2 heterocycles. The van der Waals surface area contributed by atoms with E-state index in [2.05, 4.69) is 33.6 Å². The van der Waals surface area contributed by atoms with Crippen molar-refractivity contribution >= 4 is 28.9 Å². The molecule has 2 aromatic rings. The SMILES string of the molecule is CN=C(NCc1sccc1C)N(C)Cc1cc(Cl)cn1C. The Morgan fingerprint density at radius 2 is 2.29 bits per heavy atom. The Balaban J connectivity index is 1.97. The summed E-state index contributed by atoms with van der Waals surface area (Å²) in [5.74, 6) is 0.875. The maximum Gasteiger partial charge on any atom is 0.194 e. The monoisotopic (exact) mass is 324 g/mol. The fraction of sp³-hybridized carbons (Fsp3) is 0.400. The topological polar surface area (TPSA) is 32.6 Å². The molecular weight excluding hydrogens is 304 g/mol. The van der Waals surface area contributed by atoms with E-state index in [0.717, 1.165) is 29.8 Å². The molecule has 4 nitrogen and oxygen atoms in total. The van der Waals surface area contributed by atoms with Crippen molar-refractivity contribution in [2.45, 2.75) is 20.0 Å². The second kappa shape index (κ2) is 7.00. The third-order valence-corrected chi connectivity index (χ3v) is 4.65. The van der Waals surface area contributed by atoms with Crippen LogP contribution in [-0.2, 0) is 20.1 Å². The molecule has 0 aromatic carbocycles. The van der Waals surface area contributed by atoms with E-state index in [1.54, 1.807) is 18.4 Å². The minimum absolute atomic E-state index is 0.756. The van der Waals surface area contributed by atoms with Crippen molar-refractivity contribution < 1.29 is 0 Å². The molecule has 0 aliphatic heterocycles. The van der Waals surface area contributed by atoms with Crippen LogP contribution in [0.25, 0.3) is 0 Å². The summed E-state index contributed by atoms with van der Waals surface area (Å²) in [4.78, 5) is 7.77. The van der Waals surface area contributed by atoms with E-state index in [-0.39, 0.29) is 0 Å². The van der Waals surface area contributed by atoms with Gasteiger partial charge in [0.1, 0.15) is 0 Å². The molecule has 2 aromatic heterocycles. The molecule has 0 saturated heterocycles. The van der Waals surface area contributed by atoms with E-state index in [4.69, 9.17) is 11.6 Å². The van der Waals surface area contributed by atoms with Crippen LogP contribution in [-0.4, -0.2) is 29.5 Å². The second-order valence-electron chi connectivity index (χ2n) is 5.04. The quantitative estimate of drug-likeness (QED) is 0.691. The van der Waals surface area contributed by atoms with Crippen LogP contribution in [0.2, 0.25) is 5.02 Å². The van der Waals surface area contributed by atoms with Crippen molar-refractivity contribution in [1.29, 1.82) is 0 Å². The lowest BCUT2D eigenvalue weighted by molar-refractivity contribution is 0.462. The number of aromatic nitrogens is 1. The van der Waals surface area contributed by atoms with Crippen molar-refractivity contribution in [2.24, 2.45) is 12.0 Å². The summed E-state index contributed by atoms with van der Waals surface area (Å²) in [6.45, 7) is 3.69. The van der Waals surface area contributed by atoms with Gasteiger partial charge in [-0.05, 0) is 30.0 Å². The van der Waals surface area contributed by atoms with Crippen molar-refractivity contribution in [1.82, 2.24) is 14.8 Å². The van der Waals surface area contributed by atoms with Crippen LogP contribution < -0.4 is 5.32 Å². The van der Waals surface area contributed by atoms with Gasteiger partial charge in [-0.3, -0.25) is 4.99 Å². The van der Waals surface area contributed by atoms with Crippen LogP contribution in [0.15, 0.2) is 28.7 Å². The number of nitrogens with zero attached hydrogens (tertiary/aromatic N) is 3. The number of hydrogen-bond acceptors (Lipinski definition) is 2. The predicted molar refractivity (Wildman–Crippen MR) is 91.1 cm³/mol. The molecular formula is C15H21ClN4S. The summed E-state index contributed by atoms with van der Waals surface area (Å²) < 4.78 is 2.04. The molecule has 0 unspecified atom stereocenters. The van der Waals surface area contributed by atoms with E-state index < -0.39 is 0 Å². The van der Waals surface area contributed by atoms with E-state index in [1.165, 1.54) is 10.4 Å². The van der Waals surface area contributed by atoms with Crippen LogP contribution in [0, 0.1) is 6.92 Å². The third-order valence-electron chi connectivity index (χ3n) is 3.42. The fourth-order valence-corrected chi connectivity index (χ4v) is 3.29. The number of aliphatic imine (C=N–C) groups is 1. The van der Waals surface area contributed by atoms with E-state index >= 15 is 0 Å². The van der Waals surface area contributed by atoms with Gasteiger partial charge in [0.2, 0.25) is 0 Å². The summed E-state index contributed by atoms with van der Waals surface area (Å²) in [6.07, 6.45) is 1.91. The van der Waals surface area contributed by atoms with Crippen molar-refractivity contribution in [2.75, 3.05) is 14.1 Å². The molecule has 2 rings (SSSR count). The smallest absolute Gasteiger partial charge is 0.194 e. The highest BCUT2D eigenvalue weighted by Gasteiger charge is 2.10. The van der Waals surface area contributed by atoms with Gasteiger partial charge in [0, 0.05) is 37.9 Å². The minimum Gasteiger partial charge on any atom is -0.351 e. The van der Waals surface area contributed by atoms with Crippen LogP contribution in [0.3, 0.4) is 0 Å². The number of thiophene rings is 1. The molecule has 0 aliphatic carbocycles. The minimum atomic E-state index is 0.756. The molecule has 0 aliphatic rings. The largest absolute Gasteiger partial charge is 0.351 e. The zero-order valence-corrected chi connectivity index (χ0v) is 14.4. The summed E-state index contributed by atoms with van der Waals surface area (Å²) in [5.41, 5.74) is 2.47. The van der Waals surface area contributed by atoms with Gasteiger partial charge in [-0.2, -0.15) is 0 Å². The fourth-order valence-electron chi connectivity index (χ4n) is 2.17. The Morgan fingerprint density at radius 1 is 1.52 bits per heavy atom. The van der Waals surface area contributed by atoms with Crippen LogP contribution in [0.5, 0.6) is 0 Å². The number of rotatable bonds is 4. The number of aryl methyl sites for hydroxylation is 2. The number of nitrogens with one attached hydrogen (secondary N) is 1. The molecule has 0 spiro atoms. The maximum absolute atomic E-state index is 6.02. The number of guanidine groups is 1. The molecule has 1 N–H and O–H groups in total. The molecule has 6 heteroatoms. The molecule has 21 heavy (non-hydrogen) atoms. The van der Waals surface area contributed by atoms with Gasteiger partial charge in [-0.15, -0.1) is 11.3 Å². The molecule has 114 valence electrons. The Hall–Kier alpha value is -1.46. The van der Waals surface area contributed by atoms with E-state index in [0.29, 0.717) is 0 Å². The van der Waals surface area contributed by atoms with Crippen LogP contribution in [0.1, 0.15) is 16.1 Å². The lowest BCUT2D eigenvalue weighted by Crippen LogP contribution is -2.38. The Labute approximate surface area is 135 Å². The highest BCUT2D eigenvalue weighted by molar-refractivity contribution is 7.10. The summed E-state index contributed by atoms with van der Waals surface area (Å²) in [7, 11) is 5.83. The highest BCUT2D eigenvalue weighted by atomic mass is 35.5. The van der Waals surface area contributed by atoms with Gasteiger partial charge in [0.25, 0.3) is 0 Å². The Morgan fingerprint density at radius 3 is 2.81 bits per heavy atom. The highest BCUT2D eigenvalue weighted by Crippen LogP contribution is 2.16. The Kier molecular flexibility index (Phi) is 5.31. The summed E-state index contributed by atoms with van der Waals surface area (Å²) >= 11 is 7.79. The summed E-state index contributed by atoms with van der Waals surface area (Å²) in [5, 5.41) is 6.28. The number of halogens is 1. The maximum atomic E-state index is 6.02. The van der Waals surface area contributed by atoms with Crippen molar-refractivity contribution in [3.63, 3.8) is 0 Å². The average Bonchev–Trinajstić information content (AvgIpc) is 2.97. The predicted octanol–water partition coefficient (Wildman–Crippen LogP) is 3.26. The molecule has 0 bridgehead atoms.